The second-order valence-corrected chi connectivity index (χ2v) is 7.39. The minimum Gasteiger partial charge on any atom is -0.465 e. The Balaban J connectivity index is 1.58. The number of nitrogens with zero attached hydrogens (tertiary/aromatic N) is 3. The molecule has 0 spiro atoms. The molecule has 0 radical (unpaired) electrons. The number of aromatic amines is 1. The summed E-state index contributed by atoms with van der Waals surface area (Å²) in [5.41, 5.74) is 2.15. The monoisotopic (exact) mass is 340 g/mol. The van der Waals surface area contributed by atoms with Gasteiger partial charge in [-0.15, -0.1) is 10.2 Å². The number of para-hydroxylation sites is 1. The lowest BCUT2D eigenvalue weighted by Crippen LogP contribution is -2.11. The van der Waals surface area contributed by atoms with E-state index in [-0.39, 0.29) is 11.2 Å². The highest BCUT2D eigenvalue weighted by molar-refractivity contribution is 8.00. The number of hydrogen-bond acceptors (Lipinski definition) is 5. The van der Waals surface area contributed by atoms with Crippen LogP contribution in [0.4, 0.5) is 0 Å². The first kappa shape index (κ1) is 14.1. The molecule has 5 rings (SSSR count). The van der Waals surface area contributed by atoms with E-state index >= 15 is 0 Å². The van der Waals surface area contributed by atoms with E-state index in [2.05, 4.69) is 31.9 Å². The number of ether oxygens (including phenoxy) is 1. The van der Waals surface area contributed by atoms with E-state index in [4.69, 9.17) is 4.74 Å². The van der Waals surface area contributed by atoms with Gasteiger partial charge in [0.05, 0.1) is 6.61 Å². The molecule has 3 heterocycles. The van der Waals surface area contributed by atoms with Crippen molar-refractivity contribution in [1.82, 2.24) is 19.7 Å². The maximum Gasteiger partial charge on any atom is 0.319 e. The maximum absolute atomic E-state index is 11.8. The van der Waals surface area contributed by atoms with E-state index in [0.29, 0.717) is 12.6 Å². The number of carbonyl (C=O) groups excluding carboxylic acids is 1. The normalized spacial score (nSPS) is 20.7. The van der Waals surface area contributed by atoms with Crippen LogP contribution in [0.3, 0.4) is 0 Å². The van der Waals surface area contributed by atoms with Crippen LogP contribution in [0.2, 0.25) is 0 Å². The van der Waals surface area contributed by atoms with Crippen LogP contribution in [0.15, 0.2) is 35.6 Å². The molecule has 2 fully saturated rings. The van der Waals surface area contributed by atoms with Crippen LogP contribution in [-0.4, -0.2) is 37.6 Å². The zero-order valence-corrected chi connectivity index (χ0v) is 13.8. The molecule has 0 amide bonds. The second kappa shape index (κ2) is 5.37. The van der Waals surface area contributed by atoms with Crippen molar-refractivity contribution in [3.8, 4) is 11.4 Å². The van der Waals surface area contributed by atoms with Gasteiger partial charge >= 0.3 is 5.97 Å². The number of fused-ring (bicyclic) bond motifs is 1. The van der Waals surface area contributed by atoms with Gasteiger partial charge in [-0.1, -0.05) is 30.0 Å². The SMILES string of the molecule is O=C1OCC[C@@H]1Sc1nnc(-c2c[nH]c3ccccc23)n1C1CC1. The van der Waals surface area contributed by atoms with Crippen molar-refractivity contribution in [3.63, 3.8) is 0 Å². The molecule has 2 aliphatic rings. The molecule has 1 aliphatic carbocycles. The Morgan fingerprint density at radius 2 is 2.08 bits per heavy atom. The zero-order chi connectivity index (χ0) is 16.1. The zero-order valence-electron chi connectivity index (χ0n) is 12.9. The molecule has 1 saturated heterocycles. The summed E-state index contributed by atoms with van der Waals surface area (Å²) in [6.45, 7) is 0.503. The standard InChI is InChI=1S/C17H16N4O2S/c22-16-14(7-8-23-16)24-17-20-19-15(21(17)10-5-6-10)12-9-18-13-4-2-1-3-11(12)13/h1-4,9-10,14,18H,5-8H2/t14-/m0/s1. The lowest BCUT2D eigenvalue weighted by atomic mass is 10.1. The molecule has 1 atom stereocenters. The number of thioether (sulfide) groups is 1. The minimum absolute atomic E-state index is 0.140. The number of hydrogen-bond donors (Lipinski definition) is 1. The largest absolute Gasteiger partial charge is 0.465 e. The average Bonchev–Trinajstić information content (AvgIpc) is 3.02. The van der Waals surface area contributed by atoms with Gasteiger partial charge in [0.1, 0.15) is 5.25 Å². The maximum atomic E-state index is 11.8. The first-order chi connectivity index (χ1) is 11.8. The number of H-pyrrole nitrogens is 1. The molecule has 0 unspecified atom stereocenters. The van der Waals surface area contributed by atoms with E-state index < -0.39 is 0 Å². The van der Waals surface area contributed by atoms with Gasteiger partial charge in [0.25, 0.3) is 0 Å². The number of esters is 1. The second-order valence-electron chi connectivity index (χ2n) is 6.22. The molecule has 1 N–H and O–H groups in total. The Kier molecular flexibility index (Phi) is 3.16. The molecule has 24 heavy (non-hydrogen) atoms. The molecule has 6 nitrogen and oxygen atoms in total. The Bertz CT molecular complexity index is 928. The van der Waals surface area contributed by atoms with Gasteiger partial charge < -0.3 is 9.72 Å². The van der Waals surface area contributed by atoms with Crippen LogP contribution in [0.1, 0.15) is 25.3 Å². The summed E-state index contributed by atoms with van der Waals surface area (Å²) < 4.78 is 7.27. The Labute approximate surface area is 142 Å². The molecular formula is C17H16N4O2S. The van der Waals surface area contributed by atoms with Crippen molar-refractivity contribution in [2.45, 2.75) is 35.7 Å². The average molecular weight is 340 g/mol. The topological polar surface area (TPSA) is 72.8 Å². The number of cyclic esters (lactones) is 1. The first-order valence-electron chi connectivity index (χ1n) is 8.16. The summed E-state index contributed by atoms with van der Waals surface area (Å²) >= 11 is 1.48. The molecular weight excluding hydrogens is 324 g/mol. The highest BCUT2D eigenvalue weighted by atomic mass is 32.2. The van der Waals surface area contributed by atoms with Crippen LogP contribution >= 0.6 is 11.8 Å². The van der Waals surface area contributed by atoms with E-state index in [1.807, 2.05) is 18.3 Å². The van der Waals surface area contributed by atoms with Crippen LogP contribution in [-0.2, 0) is 9.53 Å². The molecule has 3 aromatic rings. The fourth-order valence-corrected chi connectivity index (χ4v) is 4.24. The number of rotatable bonds is 4. The number of benzene rings is 1. The number of carbonyl (C=O) groups is 1. The predicted octanol–water partition coefficient (Wildman–Crippen LogP) is 3.17. The van der Waals surface area contributed by atoms with Gasteiger partial charge in [0.15, 0.2) is 11.0 Å². The summed E-state index contributed by atoms with van der Waals surface area (Å²) in [5.74, 6) is 0.739. The van der Waals surface area contributed by atoms with Crippen molar-refractivity contribution in [3.05, 3.63) is 30.5 Å². The third-order valence-corrected chi connectivity index (χ3v) is 5.74. The van der Waals surface area contributed by atoms with E-state index in [1.54, 1.807) is 0 Å². The van der Waals surface area contributed by atoms with E-state index in [1.165, 1.54) is 11.8 Å². The van der Waals surface area contributed by atoms with Crippen LogP contribution in [0.25, 0.3) is 22.3 Å². The molecule has 1 aromatic carbocycles. The molecule has 0 bridgehead atoms. The van der Waals surface area contributed by atoms with Gasteiger partial charge in [-0.25, -0.2) is 0 Å². The third-order valence-electron chi connectivity index (χ3n) is 4.54. The van der Waals surface area contributed by atoms with Crippen molar-refractivity contribution in [1.29, 1.82) is 0 Å². The summed E-state index contributed by atoms with van der Waals surface area (Å²) in [7, 11) is 0. The van der Waals surface area contributed by atoms with E-state index in [0.717, 1.165) is 46.7 Å². The van der Waals surface area contributed by atoms with Crippen LogP contribution < -0.4 is 0 Å². The smallest absolute Gasteiger partial charge is 0.319 e. The summed E-state index contributed by atoms with van der Waals surface area (Å²) in [6, 6.07) is 8.63. The molecule has 1 saturated carbocycles. The first-order valence-corrected chi connectivity index (χ1v) is 9.04. The van der Waals surface area contributed by atoms with Gasteiger partial charge in [0, 0.05) is 35.1 Å². The minimum atomic E-state index is -0.164. The molecule has 2 aromatic heterocycles. The Morgan fingerprint density at radius 1 is 1.21 bits per heavy atom. The lowest BCUT2D eigenvalue weighted by molar-refractivity contribution is -0.137. The molecule has 122 valence electrons. The number of aromatic nitrogens is 4. The fourth-order valence-electron chi connectivity index (χ4n) is 3.17. The third kappa shape index (κ3) is 2.23. The highest BCUT2D eigenvalue weighted by Gasteiger charge is 2.34. The predicted molar refractivity (Wildman–Crippen MR) is 90.8 cm³/mol. The highest BCUT2D eigenvalue weighted by Crippen LogP contribution is 2.43. The molecule has 7 heteroatoms. The number of nitrogens with one attached hydrogen (secondary N) is 1. The van der Waals surface area contributed by atoms with Crippen molar-refractivity contribution in [2.24, 2.45) is 0 Å². The van der Waals surface area contributed by atoms with Crippen molar-refractivity contribution in [2.75, 3.05) is 6.61 Å². The van der Waals surface area contributed by atoms with Gasteiger partial charge in [-0.3, -0.25) is 9.36 Å². The van der Waals surface area contributed by atoms with E-state index in [9.17, 15) is 4.79 Å². The summed E-state index contributed by atoms with van der Waals surface area (Å²) in [5, 5.41) is 10.6. The fraction of sp³-hybridized carbons (Fsp3) is 0.353. The summed E-state index contributed by atoms with van der Waals surface area (Å²) in [6.07, 6.45) is 5.00. The summed E-state index contributed by atoms with van der Waals surface area (Å²) in [4.78, 5) is 15.1. The Hall–Kier alpha value is -2.28. The quantitative estimate of drug-likeness (QED) is 0.739. The van der Waals surface area contributed by atoms with Crippen molar-refractivity contribution < 1.29 is 9.53 Å². The lowest BCUT2D eigenvalue weighted by Gasteiger charge is -2.09. The van der Waals surface area contributed by atoms with Gasteiger partial charge in [0.2, 0.25) is 0 Å². The van der Waals surface area contributed by atoms with Gasteiger partial charge in [-0.05, 0) is 18.9 Å². The van der Waals surface area contributed by atoms with Gasteiger partial charge in [-0.2, -0.15) is 0 Å². The molecule has 1 aliphatic heterocycles. The van der Waals surface area contributed by atoms with Crippen LogP contribution in [0, 0.1) is 0 Å². The van der Waals surface area contributed by atoms with Crippen LogP contribution in [0.5, 0.6) is 0 Å². The van der Waals surface area contributed by atoms with Crippen molar-refractivity contribution >= 4 is 28.6 Å². The Morgan fingerprint density at radius 3 is 2.88 bits per heavy atom.